The van der Waals surface area contributed by atoms with Crippen LogP contribution in [-0.4, -0.2) is 67.4 Å². The smallest absolute Gasteiger partial charge is 0.480 e. The summed E-state index contributed by atoms with van der Waals surface area (Å²) in [7, 11) is 0. The number of hydrogen-bond donors (Lipinski definition) is 5. The van der Waals surface area contributed by atoms with Gasteiger partial charge in [-0.25, -0.2) is 4.79 Å². The number of nitrogens with zero attached hydrogens (tertiary/aromatic N) is 3. The second-order valence-corrected chi connectivity index (χ2v) is 6.62. The maximum atomic E-state index is 13.1. The highest BCUT2D eigenvalue weighted by Gasteiger charge is 2.73. The van der Waals surface area contributed by atoms with Crippen molar-refractivity contribution in [2.45, 2.75) is 30.7 Å². The normalized spacial score (nSPS) is 12.8. The van der Waals surface area contributed by atoms with Crippen LogP contribution >= 0.6 is 12.6 Å². The minimum absolute atomic E-state index is 0.153. The first kappa shape index (κ1) is 26.2. The first-order chi connectivity index (χ1) is 14.9. The number of amides is 2. The highest BCUT2D eigenvalue weighted by molar-refractivity contribution is 7.80. The average molecular weight is 473 g/mol. The number of anilines is 1. The second-order valence-electron chi connectivity index (χ2n) is 6.25. The van der Waals surface area contributed by atoms with Gasteiger partial charge >= 0.3 is 17.7 Å². The number of carboxylic acid groups (broad SMARTS) is 2. The zero-order chi connectivity index (χ0) is 24.6. The number of carbonyl (C=O) groups is 4. The zero-order valence-corrected chi connectivity index (χ0v) is 17.1. The third kappa shape index (κ3) is 5.46. The number of benzene rings is 1. The van der Waals surface area contributed by atoms with Gasteiger partial charge in [-0.1, -0.05) is 18.2 Å². The van der Waals surface area contributed by atoms with Gasteiger partial charge in [-0.05, 0) is 18.6 Å². The summed E-state index contributed by atoms with van der Waals surface area (Å²) < 4.78 is 0. The Bertz CT molecular complexity index is 876. The average Bonchev–Trinajstić information content (AvgIpc) is 2.72. The van der Waals surface area contributed by atoms with E-state index in [1.54, 1.807) is 0 Å². The molecule has 5 N–H and O–H groups in total. The molecule has 1 aromatic carbocycles. The van der Waals surface area contributed by atoms with Crippen LogP contribution in [0.1, 0.15) is 12.8 Å². The van der Waals surface area contributed by atoms with Gasteiger partial charge in [0, 0.05) is 12.2 Å². The molecule has 1 aromatic rings. The molecule has 32 heavy (non-hydrogen) atoms. The minimum Gasteiger partial charge on any atom is -0.480 e. The van der Waals surface area contributed by atoms with Crippen LogP contribution < -0.4 is 16.0 Å². The van der Waals surface area contributed by atoms with Crippen molar-refractivity contribution in [3.05, 3.63) is 50.6 Å². The van der Waals surface area contributed by atoms with Crippen molar-refractivity contribution in [2.24, 2.45) is 5.73 Å². The van der Waals surface area contributed by atoms with Crippen LogP contribution in [0.2, 0.25) is 0 Å². The van der Waals surface area contributed by atoms with Crippen molar-refractivity contribution in [3.8, 4) is 0 Å². The maximum absolute atomic E-state index is 13.1. The molecule has 16 heteroatoms. The molecule has 15 nitrogen and oxygen atoms in total. The Labute approximate surface area is 184 Å². The second kappa shape index (κ2) is 11.0. The first-order valence-electron chi connectivity index (χ1n) is 8.71. The Hall–Kier alpha value is -3.79. The summed E-state index contributed by atoms with van der Waals surface area (Å²) in [5.74, 6) is -11.0. The molecular weight excluding hydrogens is 454 g/mol. The van der Waals surface area contributed by atoms with E-state index in [1.165, 1.54) is 18.2 Å². The van der Waals surface area contributed by atoms with E-state index in [0.717, 1.165) is 12.1 Å². The third-order valence-corrected chi connectivity index (χ3v) is 4.52. The van der Waals surface area contributed by atoms with Gasteiger partial charge in [-0.3, -0.25) is 34.6 Å². The van der Waals surface area contributed by atoms with Gasteiger partial charge in [0.1, 0.15) is 21.9 Å². The largest absolute Gasteiger partial charge is 0.649 e. The van der Waals surface area contributed by atoms with Crippen LogP contribution in [0.3, 0.4) is 0 Å². The van der Waals surface area contributed by atoms with Gasteiger partial charge < -0.3 is 21.3 Å². The van der Waals surface area contributed by atoms with Crippen LogP contribution in [0.15, 0.2) is 30.3 Å². The lowest BCUT2D eigenvalue weighted by molar-refractivity contribution is -0.774. The van der Waals surface area contributed by atoms with Gasteiger partial charge in [0.05, 0.1) is 5.69 Å². The predicted molar refractivity (Wildman–Crippen MR) is 109 cm³/mol. The Morgan fingerprint density at radius 1 is 1.12 bits per heavy atom. The summed E-state index contributed by atoms with van der Waals surface area (Å²) in [6.07, 6.45) is -0.787. The fraction of sp³-hybridized carbons (Fsp3) is 0.375. The minimum atomic E-state index is -4.14. The van der Waals surface area contributed by atoms with Crippen LogP contribution in [0.5, 0.6) is 0 Å². The first-order valence-corrected chi connectivity index (χ1v) is 9.34. The van der Waals surface area contributed by atoms with Crippen molar-refractivity contribution >= 4 is 42.1 Å². The molecule has 0 fully saturated rings. The number of carboxylic acids is 2. The van der Waals surface area contributed by atoms with Gasteiger partial charge in [0.15, 0.2) is 0 Å². The molecule has 0 heterocycles. The Kier molecular flexibility index (Phi) is 9.03. The molecule has 0 aliphatic rings. The number of carbonyl (C=O) groups excluding carboxylic acids is 2. The van der Waals surface area contributed by atoms with E-state index in [1.807, 2.05) is 0 Å². The number of rotatable bonds is 12. The van der Waals surface area contributed by atoms with Crippen molar-refractivity contribution < 1.29 is 39.2 Å². The van der Waals surface area contributed by atoms with Gasteiger partial charge in [0.2, 0.25) is 5.91 Å². The topological polar surface area (TPSA) is 236 Å². The Morgan fingerprint density at radius 3 is 2.06 bits per heavy atom. The molecule has 0 saturated carbocycles. The highest BCUT2D eigenvalue weighted by atomic mass is 32.1. The summed E-state index contributed by atoms with van der Waals surface area (Å²) in [6.45, 7) is 0. The van der Waals surface area contributed by atoms with Gasteiger partial charge in [-0.15, -0.1) is 0 Å². The molecule has 2 unspecified atom stereocenters. The highest BCUT2D eigenvalue weighted by Crippen LogP contribution is 2.27. The number of nitrogens with two attached hydrogens (primary N) is 1. The van der Waals surface area contributed by atoms with E-state index < -0.39 is 69.3 Å². The summed E-state index contributed by atoms with van der Waals surface area (Å²) in [5, 5.41) is 43.5. The molecule has 0 aromatic heterocycles. The number of thiol groups is 1. The molecular formula is C16H19N5O10S. The van der Waals surface area contributed by atoms with E-state index >= 15 is 0 Å². The molecule has 0 saturated heterocycles. The van der Waals surface area contributed by atoms with E-state index in [4.69, 9.17) is 10.8 Å². The molecule has 2 amide bonds. The molecule has 0 bridgehead atoms. The zero-order valence-electron chi connectivity index (χ0n) is 16.2. The van der Waals surface area contributed by atoms with E-state index in [0.29, 0.717) is 0 Å². The SMILES string of the molecule is NC(CCC(=O)NC(CS)C(=O)N(c1ccccc1)C(C(=O)O)([N+](=O)[O-])[N+](=O)[O-])C(=O)O. The molecule has 0 radical (unpaired) electrons. The van der Waals surface area contributed by atoms with E-state index in [2.05, 4.69) is 17.9 Å². The van der Waals surface area contributed by atoms with Crippen LogP contribution in [0.4, 0.5) is 5.69 Å². The number of nitro groups is 2. The van der Waals surface area contributed by atoms with Crippen LogP contribution in [0, 0.1) is 20.2 Å². The fourth-order valence-corrected chi connectivity index (χ4v) is 2.79. The van der Waals surface area contributed by atoms with Gasteiger partial charge in [0.25, 0.3) is 5.91 Å². The summed E-state index contributed by atoms with van der Waals surface area (Å²) >= 11 is 3.86. The fourth-order valence-electron chi connectivity index (χ4n) is 2.54. The monoisotopic (exact) mass is 473 g/mol. The number of aliphatic carboxylic acids is 2. The summed E-state index contributed by atoms with van der Waals surface area (Å²) in [4.78, 5) is 67.2. The molecule has 1 rings (SSSR count). The Morgan fingerprint density at radius 2 is 1.66 bits per heavy atom. The molecule has 0 aliphatic heterocycles. The lowest BCUT2D eigenvalue weighted by atomic mass is 10.1. The number of para-hydroxylation sites is 1. The summed E-state index contributed by atoms with van der Waals surface area (Å²) in [6, 6.07) is 2.88. The van der Waals surface area contributed by atoms with Crippen molar-refractivity contribution in [2.75, 3.05) is 10.7 Å². The lowest BCUT2D eigenvalue weighted by Crippen LogP contribution is -2.70. The van der Waals surface area contributed by atoms with E-state index in [-0.39, 0.29) is 11.3 Å². The standard InChI is InChI=1S/C16H19N5O10S/c17-10(14(24)25)6-7-12(22)18-11(8-32)13(23)19(9-4-2-1-3-5-9)16(15(26)27,20(28)29)21(30)31/h1-5,10-11,32H,6-8,17H2,(H,18,22)(H,24,25)(H,26,27). The molecule has 0 aliphatic carbocycles. The number of nitrogens with one attached hydrogen (secondary N) is 1. The maximum Gasteiger partial charge on any atom is 0.649 e. The van der Waals surface area contributed by atoms with Crippen LogP contribution in [-0.2, 0) is 19.2 Å². The van der Waals surface area contributed by atoms with E-state index in [9.17, 15) is 44.5 Å². The number of hydrogen-bond acceptors (Lipinski definition) is 10. The van der Waals surface area contributed by atoms with Gasteiger partial charge in [-0.2, -0.15) is 17.5 Å². The molecule has 0 spiro atoms. The van der Waals surface area contributed by atoms with Crippen molar-refractivity contribution in [1.82, 2.24) is 5.32 Å². The Balaban J connectivity index is 3.41. The van der Waals surface area contributed by atoms with Crippen LogP contribution in [0.25, 0.3) is 0 Å². The quantitative estimate of drug-likeness (QED) is 0.106. The van der Waals surface area contributed by atoms with Crippen molar-refractivity contribution in [1.29, 1.82) is 0 Å². The summed E-state index contributed by atoms with van der Waals surface area (Å²) in [5.41, 5.74) is 4.79. The third-order valence-electron chi connectivity index (χ3n) is 4.16. The lowest BCUT2D eigenvalue weighted by Gasteiger charge is -2.29. The predicted octanol–water partition coefficient (Wildman–Crippen LogP) is -1.08. The molecule has 2 atom stereocenters. The molecule has 174 valence electrons. The van der Waals surface area contributed by atoms with Crippen molar-refractivity contribution in [3.63, 3.8) is 0 Å².